The van der Waals surface area contributed by atoms with Crippen molar-refractivity contribution in [3.63, 3.8) is 0 Å². The van der Waals surface area contributed by atoms with Crippen LogP contribution in [0.3, 0.4) is 0 Å². The number of methoxy groups -OCH3 is 2. The lowest BCUT2D eigenvalue weighted by Crippen LogP contribution is -2.10. The topological polar surface area (TPSA) is 48.3 Å². The second-order valence-corrected chi connectivity index (χ2v) is 4.56. The molecule has 0 unspecified atom stereocenters. The van der Waals surface area contributed by atoms with E-state index in [2.05, 4.69) is 16.9 Å². The second-order valence-electron chi connectivity index (χ2n) is 4.56. The molecule has 0 saturated heterocycles. The number of benzene rings is 1. The first-order valence-corrected chi connectivity index (χ1v) is 6.85. The Morgan fingerprint density at radius 3 is 2.81 bits per heavy atom. The van der Waals surface area contributed by atoms with Crippen LogP contribution in [0.2, 0.25) is 0 Å². The largest absolute Gasteiger partial charge is 0.493 e. The fourth-order valence-electron chi connectivity index (χ4n) is 2.12. The first-order chi connectivity index (χ1) is 10.3. The molecular weight excluding hydrogens is 266 g/mol. The Balaban J connectivity index is 1.94. The molecular formula is C16H21N3O2. The molecule has 2 aromatic rings. The van der Waals surface area contributed by atoms with Crippen molar-refractivity contribution in [1.82, 2.24) is 9.55 Å². The maximum atomic E-state index is 5.31. The van der Waals surface area contributed by atoms with E-state index in [1.165, 1.54) is 5.56 Å². The highest BCUT2D eigenvalue weighted by Crippen LogP contribution is 2.27. The van der Waals surface area contributed by atoms with Crippen molar-refractivity contribution in [2.24, 2.45) is 0 Å². The van der Waals surface area contributed by atoms with Crippen molar-refractivity contribution in [2.75, 3.05) is 26.1 Å². The molecule has 5 heteroatoms. The number of ether oxygens (including phenoxy) is 2. The Bertz CT molecular complexity index is 593. The van der Waals surface area contributed by atoms with Crippen LogP contribution in [-0.2, 0) is 13.0 Å². The van der Waals surface area contributed by atoms with Crippen LogP contribution in [0.25, 0.3) is 0 Å². The molecule has 0 amide bonds. The summed E-state index contributed by atoms with van der Waals surface area (Å²) in [4.78, 5) is 4.29. The van der Waals surface area contributed by atoms with Crippen LogP contribution in [0, 0.1) is 0 Å². The monoisotopic (exact) mass is 287 g/mol. The van der Waals surface area contributed by atoms with Gasteiger partial charge in [0.2, 0.25) is 5.95 Å². The molecule has 0 aliphatic heterocycles. The SMILES string of the molecule is C=CCn1ccnc1NCCc1ccc(OC)c(OC)c1. The summed E-state index contributed by atoms with van der Waals surface area (Å²) in [5.41, 5.74) is 1.18. The molecule has 0 aliphatic carbocycles. The van der Waals surface area contributed by atoms with Crippen LogP contribution in [-0.4, -0.2) is 30.3 Å². The van der Waals surface area contributed by atoms with E-state index in [0.29, 0.717) is 0 Å². The molecule has 0 saturated carbocycles. The van der Waals surface area contributed by atoms with Crippen molar-refractivity contribution < 1.29 is 9.47 Å². The van der Waals surface area contributed by atoms with Gasteiger partial charge in [0.25, 0.3) is 0 Å². The molecule has 5 nitrogen and oxygen atoms in total. The summed E-state index contributed by atoms with van der Waals surface area (Å²) < 4.78 is 12.6. The molecule has 1 heterocycles. The van der Waals surface area contributed by atoms with E-state index >= 15 is 0 Å². The van der Waals surface area contributed by atoms with Gasteiger partial charge in [0, 0.05) is 25.5 Å². The van der Waals surface area contributed by atoms with Gasteiger partial charge in [-0.3, -0.25) is 0 Å². The molecule has 0 atom stereocenters. The maximum Gasteiger partial charge on any atom is 0.203 e. The van der Waals surface area contributed by atoms with Gasteiger partial charge in [0.05, 0.1) is 14.2 Å². The zero-order chi connectivity index (χ0) is 15.1. The van der Waals surface area contributed by atoms with Crippen LogP contribution in [0.1, 0.15) is 5.56 Å². The average molecular weight is 287 g/mol. The van der Waals surface area contributed by atoms with Crippen molar-refractivity contribution in [2.45, 2.75) is 13.0 Å². The van der Waals surface area contributed by atoms with Crippen LogP contribution in [0.15, 0.2) is 43.2 Å². The van der Waals surface area contributed by atoms with Gasteiger partial charge < -0.3 is 19.4 Å². The maximum absolute atomic E-state index is 5.31. The van der Waals surface area contributed by atoms with Crippen molar-refractivity contribution >= 4 is 5.95 Å². The number of nitrogens with one attached hydrogen (secondary N) is 1. The predicted molar refractivity (Wildman–Crippen MR) is 84.2 cm³/mol. The molecule has 0 fully saturated rings. The summed E-state index contributed by atoms with van der Waals surface area (Å²) in [7, 11) is 3.28. The van der Waals surface area contributed by atoms with Crippen LogP contribution in [0.4, 0.5) is 5.95 Å². The number of hydrogen-bond acceptors (Lipinski definition) is 4. The van der Waals surface area contributed by atoms with E-state index < -0.39 is 0 Å². The lowest BCUT2D eigenvalue weighted by atomic mass is 10.1. The third-order valence-electron chi connectivity index (χ3n) is 3.19. The molecule has 112 valence electrons. The van der Waals surface area contributed by atoms with Crippen molar-refractivity contribution in [1.29, 1.82) is 0 Å². The molecule has 0 radical (unpaired) electrons. The average Bonchev–Trinajstić information content (AvgIpc) is 2.95. The van der Waals surface area contributed by atoms with Crippen LogP contribution < -0.4 is 14.8 Å². The number of anilines is 1. The number of rotatable bonds is 8. The van der Waals surface area contributed by atoms with Crippen molar-refractivity contribution in [3.8, 4) is 11.5 Å². The van der Waals surface area contributed by atoms with Gasteiger partial charge in [-0.1, -0.05) is 12.1 Å². The Kier molecular flexibility index (Phi) is 5.26. The lowest BCUT2D eigenvalue weighted by Gasteiger charge is -2.11. The fourth-order valence-corrected chi connectivity index (χ4v) is 2.12. The summed E-state index contributed by atoms with van der Waals surface area (Å²) in [6, 6.07) is 5.96. The number of hydrogen-bond donors (Lipinski definition) is 1. The van der Waals surface area contributed by atoms with Gasteiger partial charge in [-0.05, 0) is 24.1 Å². The Morgan fingerprint density at radius 1 is 1.29 bits per heavy atom. The van der Waals surface area contributed by atoms with E-state index in [-0.39, 0.29) is 0 Å². The minimum absolute atomic E-state index is 0.746. The van der Waals surface area contributed by atoms with E-state index in [1.54, 1.807) is 20.4 Å². The minimum atomic E-state index is 0.746. The molecule has 0 spiro atoms. The van der Waals surface area contributed by atoms with Gasteiger partial charge >= 0.3 is 0 Å². The van der Waals surface area contributed by atoms with E-state index in [9.17, 15) is 0 Å². The molecule has 0 bridgehead atoms. The summed E-state index contributed by atoms with van der Waals surface area (Å²) in [6.45, 7) is 5.28. The van der Waals surface area contributed by atoms with Gasteiger partial charge in [-0.2, -0.15) is 0 Å². The Morgan fingerprint density at radius 2 is 2.10 bits per heavy atom. The summed E-state index contributed by atoms with van der Waals surface area (Å²) >= 11 is 0. The molecule has 2 rings (SSSR count). The van der Waals surface area contributed by atoms with E-state index in [4.69, 9.17) is 9.47 Å². The standard InChI is InChI=1S/C16H21N3O2/c1-4-10-19-11-9-18-16(19)17-8-7-13-5-6-14(20-2)15(12-13)21-3/h4-6,9,11-12H,1,7-8,10H2,2-3H3,(H,17,18). The van der Waals surface area contributed by atoms with E-state index in [0.717, 1.165) is 37.0 Å². The molecule has 1 aromatic carbocycles. The van der Waals surface area contributed by atoms with Gasteiger partial charge in [-0.25, -0.2) is 4.98 Å². The van der Waals surface area contributed by atoms with Crippen LogP contribution in [0.5, 0.6) is 11.5 Å². The zero-order valence-corrected chi connectivity index (χ0v) is 12.5. The van der Waals surface area contributed by atoms with Gasteiger partial charge in [0.1, 0.15) is 0 Å². The molecule has 1 N–H and O–H groups in total. The highest BCUT2D eigenvalue weighted by molar-refractivity contribution is 5.43. The summed E-state index contributed by atoms with van der Waals surface area (Å²) in [5, 5.41) is 3.32. The highest BCUT2D eigenvalue weighted by atomic mass is 16.5. The molecule has 21 heavy (non-hydrogen) atoms. The lowest BCUT2D eigenvalue weighted by molar-refractivity contribution is 0.354. The number of allylic oxidation sites excluding steroid dienone is 1. The number of nitrogens with zero attached hydrogens (tertiary/aromatic N) is 2. The van der Waals surface area contributed by atoms with Crippen LogP contribution >= 0.6 is 0 Å². The first-order valence-electron chi connectivity index (χ1n) is 6.85. The van der Waals surface area contributed by atoms with E-state index in [1.807, 2.05) is 35.0 Å². The highest BCUT2D eigenvalue weighted by Gasteiger charge is 2.05. The third-order valence-corrected chi connectivity index (χ3v) is 3.19. The Labute approximate surface area is 125 Å². The third kappa shape index (κ3) is 3.78. The first kappa shape index (κ1) is 15.0. The van der Waals surface area contributed by atoms with Gasteiger partial charge in [-0.15, -0.1) is 6.58 Å². The summed E-state index contributed by atoms with van der Waals surface area (Å²) in [5.74, 6) is 2.36. The second kappa shape index (κ2) is 7.38. The quantitative estimate of drug-likeness (QED) is 0.758. The summed E-state index contributed by atoms with van der Waals surface area (Å²) in [6.07, 6.45) is 6.44. The smallest absolute Gasteiger partial charge is 0.203 e. The zero-order valence-electron chi connectivity index (χ0n) is 12.5. The minimum Gasteiger partial charge on any atom is -0.493 e. The number of aromatic nitrogens is 2. The normalized spacial score (nSPS) is 10.2. The fraction of sp³-hybridized carbons (Fsp3) is 0.312. The molecule has 0 aliphatic rings. The van der Waals surface area contributed by atoms with Crippen molar-refractivity contribution in [3.05, 3.63) is 48.8 Å². The molecule has 1 aromatic heterocycles. The number of imidazole rings is 1. The predicted octanol–water partition coefficient (Wildman–Crippen LogP) is 2.74. The Hall–Kier alpha value is -2.43. The van der Waals surface area contributed by atoms with Gasteiger partial charge in [0.15, 0.2) is 11.5 Å².